The number of ether oxygens (including phenoxy) is 1. The van der Waals surface area contributed by atoms with Crippen molar-refractivity contribution in [3.8, 4) is 5.75 Å². The molecule has 0 radical (unpaired) electrons. The molecule has 1 unspecified atom stereocenters. The fourth-order valence-corrected chi connectivity index (χ4v) is 2.66. The van der Waals surface area contributed by atoms with Crippen LogP contribution in [0.25, 0.3) is 0 Å². The molecule has 3 N–H and O–H groups in total. The van der Waals surface area contributed by atoms with Gasteiger partial charge in [-0.1, -0.05) is 23.7 Å². The molecule has 0 amide bonds. The van der Waals surface area contributed by atoms with Gasteiger partial charge in [0.25, 0.3) is 0 Å². The van der Waals surface area contributed by atoms with Gasteiger partial charge in [-0.15, -0.1) is 0 Å². The van der Waals surface area contributed by atoms with Crippen molar-refractivity contribution in [1.29, 1.82) is 0 Å². The van der Waals surface area contributed by atoms with Gasteiger partial charge in [-0.2, -0.15) is 5.10 Å². The summed E-state index contributed by atoms with van der Waals surface area (Å²) in [6.07, 6.45) is 0.652. The van der Waals surface area contributed by atoms with Crippen molar-refractivity contribution in [2.45, 2.75) is 26.3 Å². The molecule has 5 nitrogen and oxygen atoms in total. The Labute approximate surface area is 130 Å². The second-order valence-corrected chi connectivity index (χ2v) is 5.50. The fourth-order valence-electron chi connectivity index (χ4n) is 2.42. The molecule has 0 bridgehead atoms. The van der Waals surface area contributed by atoms with Crippen molar-refractivity contribution in [3.05, 3.63) is 45.7 Å². The molecule has 0 aliphatic carbocycles. The number of hydrazine groups is 1. The van der Waals surface area contributed by atoms with Crippen LogP contribution in [0.15, 0.2) is 18.2 Å². The highest BCUT2D eigenvalue weighted by atomic mass is 35.5. The van der Waals surface area contributed by atoms with E-state index in [-0.39, 0.29) is 6.04 Å². The van der Waals surface area contributed by atoms with Crippen molar-refractivity contribution in [2.75, 3.05) is 7.11 Å². The van der Waals surface area contributed by atoms with Gasteiger partial charge in [0.05, 0.1) is 29.6 Å². The summed E-state index contributed by atoms with van der Waals surface area (Å²) in [6.45, 7) is 3.90. The third-order valence-electron chi connectivity index (χ3n) is 3.69. The normalized spacial score (nSPS) is 12.5. The van der Waals surface area contributed by atoms with Crippen molar-refractivity contribution < 1.29 is 4.74 Å². The van der Waals surface area contributed by atoms with Crippen LogP contribution in [0, 0.1) is 13.8 Å². The van der Waals surface area contributed by atoms with Crippen molar-refractivity contribution in [3.63, 3.8) is 0 Å². The minimum Gasteiger partial charge on any atom is -0.496 e. The summed E-state index contributed by atoms with van der Waals surface area (Å²) in [7, 11) is 3.55. The lowest BCUT2D eigenvalue weighted by Gasteiger charge is -2.18. The van der Waals surface area contributed by atoms with E-state index in [1.165, 1.54) is 0 Å². The Morgan fingerprint density at radius 2 is 2.14 bits per heavy atom. The van der Waals surface area contributed by atoms with E-state index in [0.717, 1.165) is 28.3 Å². The average molecular weight is 309 g/mol. The number of hydrogen-bond acceptors (Lipinski definition) is 4. The first kappa shape index (κ1) is 15.8. The summed E-state index contributed by atoms with van der Waals surface area (Å²) in [5, 5.41) is 5.02. The summed E-state index contributed by atoms with van der Waals surface area (Å²) in [4.78, 5) is 0. The summed E-state index contributed by atoms with van der Waals surface area (Å²) in [6, 6.07) is 6.00. The van der Waals surface area contributed by atoms with Crippen molar-refractivity contribution in [2.24, 2.45) is 12.9 Å². The van der Waals surface area contributed by atoms with Crippen LogP contribution in [-0.2, 0) is 13.5 Å². The number of methoxy groups -OCH3 is 1. The Hall–Kier alpha value is -1.56. The maximum absolute atomic E-state index is 6.31. The zero-order valence-electron chi connectivity index (χ0n) is 12.8. The minimum atomic E-state index is -0.0631. The lowest BCUT2D eigenvalue weighted by Crippen LogP contribution is -2.30. The highest BCUT2D eigenvalue weighted by Gasteiger charge is 2.18. The molecule has 21 heavy (non-hydrogen) atoms. The van der Waals surface area contributed by atoms with Gasteiger partial charge in [0.15, 0.2) is 0 Å². The second kappa shape index (κ2) is 6.47. The average Bonchev–Trinajstić information content (AvgIpc) is 2.71. The summed E-state index contributed by atoms with van der Waals surface area (Å²) in [5.41, 5.74) is 6.77. The standard InChI is InChI=1S/C15H21ClN4O/c1-9-5-6-11(7-14(9)21-4)12(18-17)8-13-15(16)10(2)19-20(13)3/h5-7,12,18H,8,17H2,1-4H3. The molecular formula is C15H21ClN4O. The first-order chi connectivity index (χ1) is 9.97. The summed E-state index contributed by atoms with van der Waals surface area (Å²) >= 11 is 6.31. The third kappa shape index (κ3) is 3.20. The van der Waals surface area contributed by atoms with E-state index in [9.17, 15) is 0 Å². The Bertz CT molecular complexity index is 639. The predicted molar refractivity (Wildman–Crippen MR) is 84.5 cm³/mol. The predicted octanol–water partition coefficient (Wildman–Crippen LogP) is 2.45. The van der Waals surface area contributed by atoms with Crippen LogP contribution in [0.5, 0.6) is 5.75 Å². The van der Waals surface area contributed by atoms with E-state index in [2.05, 4.69) is 10.5 Å². The molecule has 0 aliphatic heterocycles. The Morgan fingerprint density at radius 3 is 2.67 bits per heavy atom. The van der Waals surface area contributed by atoms with Gasteiger partial charge < -0.3 is 4.74 Å². The number of benzene rings is 1. The maximum atomic E-state index is 6.31. The van der Waals surface area contributed by atoms with Crippen LogP contribution in [-0.4, -0.2) is 16.9 Å². The molecule has 114 valence electrons. The van der Waals surface area contributed by atoms with Gasteiger partial charge in [0.2, 0.25) is 0 Å². The van der Waals surface area contributed by atoms with Gasteiger partial charge in [-0.3, -0.25) is 16.0 Å². The lowest BCUT2D eigenvalue weighted by molar-refractivity contribution is 0.409. The van der Waals surface area contributed by atoms with E-state index >= 15 is 0 Å². The molecule has 0 saturated heterocycles. The van der Waals surface area contributed by atoms with E-state index in [1.54, 1.807) is 11.8 Å². The molecule has 0 saturated carbocycles. The number of aryl methyl sites for hydroxylation is 3. The molecule has 1 atom stereocenters. The minimum absolute atomic E-state index is 0.0631. The molecule has 0 spiro atoms. The number of nitrogens with two attached hydrogens (primary N) is 1. The van der Waals surface area contributed by atoms with Crippen LogP contribution in [0.2, 0.25) is 5.02 Å². The number of hydrogen-bond donors (Lipinski definition) is 2. The third-order valence-corrected chi connectivity index (χ3v) is 4.19. The van der Waals surface area contributed by atoms with E-state index in [1.807, 2.05) is 39.1 Å². The second-order valence-electron chi connectivity index (χ2n) is 5.12. The quantitative estimate of drug-likeness (QED) is 0.658. The highest BCUT2D eigenvalue weighted by molar-refractivity contribution is 6.31. The molecule has 1 heterocycles. The van der Waals surface area contributed by atoms with Crippen LogP contribution in [0.1, 0.15) is 28.6 Å². The number of rotatable bonds is 5. The van der Waals surface area contributed by atoms with E-state index < -0.39 is 0 Å². The molecule has 2 aromatic rings. The van der Waals surface area contributed by atoms with Gasteiger partial charge in [-0.25, -0.2) is 0 Å². The van der Waals surface area contributed by atoms with Crippen molar-refractivity contribution >= 4 is 11.6 Å². The van der Waals surface area contributed by atoms with Crippen LogP contribution in [0.4, 0.5) is 0 Å². The highest BCUT2D eigenvalue weighted by Crippen LogP contribution is 2.28. The van der Waals surface area contributed by atoms with E-state index in [4.69, 9.17) is 22.2 Å². The molecule has 6 heteroatoms. The molecule has 0 aliphatic rings. The summed E-state index contributed by atoms with van der Waals surface area (Å²) in [5.74, 6) is 6.57. The van der Waals surface area contributed by atoms with Gasteiger partial charge in [0, 0.05) is 13.5 Å². The molecule has 0 fully saturated rings. The van der Waals surface area contributed by atoms with Crippen LogP contribution in [0.3, 0.4) is 0 Å². The Kier molecular flexibility index (Phi) is 4.88. The van der Waals surface area contributed by atoms with Crippen LogP contribution < -0.4 is 16.0 Å². The van der Waals surface area contributed by atoms with Gasteiger partial charge in [0.1, 0.15) is 5.75 Å². The molecule has 1 aromatic carbocycles. The van der Waals surface area contributed by atoms with E-state index in [0.29, 0.717) is 11.4 Å². The first-order valence-corrected chi connectivity index (χ1v) is 7.14. The van der Waals surface area contributed by atoms with Crippen molar-refractivity contribution in [1.82, 2.24) is 15.2 Å². The number of nitrogens with one attached hydrogen (secondary N) is 1. The largest absolute Gasteiger partial charge is 0.496 e. The molecule has 2 rings (SSSR count). The zero-order chi connectivity index (χ0) is 15.6. The Balaban J connectivity index is 2.32. The number of aromatic nitrogens is 2. The number of nitrogens with zero attached hydrogens (tertiary/aromatic N) is 2. The van der Waals surface area contributed by atoms with Gasteiger partial charge in [-0.05, 0) is 31.0 Å². The van der Waals surface area contributed by atoms with Crippen LogP contribution >= 0.6 is 11.6 Å². The molecule has 1 aromatic heterocycles. The maximum Gasteiger partial charge on any atom is 0.122 e. The topological polar surface area (TPSA) is 65.1 Å². The molecular weight excluding hydrogens is 288 g/mol. The SMILES string of the molecule is COc1cc(C(Cc2c(Cl)c(C)nn2C)NN)ccc1C. The monoisotopic (exact) mass is 308 g/mol. The van der Waals surface area contributed by atoms with Gasteiger partial charge >= 0.3 is 0 Å². The smallest absolute Gasteiger partial charge is 0.122 e. The first-order valence-electron chi connectivity index (χ1n) is 6.76. The lowest BCUT2D eigenvalue weighted by atomic mass is 10.0. The number of halogens is 1. The fraction of sp³-hybridized carbons (Fsp3) is 0.400. The Morgan fingerprint density at radius 1 is 1.43 bits per heavy atom. The zero-order valence-corrected chi connectivity index (χ0v) is 13.5. The summed E-state index contributed by atoms with van der Waals surface area (Å²) < 4.78 is 7.17.